The highest BCUT2D eigenvalue weighted by molar-refractivity contribution is 5.11. The number of aliphatic hydroxyl groups is 1. The van der Waals surface area contributed by atoms with Crippen molar-refractivity contribution in [3.63, 3.8) is 0 Å². The molecule has 0 aliphatic carbocycles. The van der Waals surface area contributed by atoms with Gasteiger partial charge in [0.25, 0.3) is 0 Å². The molecule has 2 atom stereocenters. The van der Waals surface area contributed by atoms with Crippen LogP contribution in [0, 0.1) is 0 Å². The van der Waals surface area contributed by atoms with Crippen LogP contribution in [0.4, 0.5) is 0 Å². The molecule has 0 bridgehead atoms. The van der Waals surface area contributed by atoms with Gasteiger partial charge in [-0.2, -0.15) is 0 Å². The zero-order chi connectivity index (χ0) is 10.3. The zero-order valence-electron chi connectivity index (χ0n) is 8.72. The fourth-order valence-corrected chi connectivity index (χ4v) is 2.45. The lowest BCUT2D eigenvalue weighted by atomic mass is 10.1. The lowest BCUT2D eigenvalue weighted by molar-refractivity contribution is 0.108. The first-order valence-electron chi connectivity index (χ1n) is 5.71. The Morgan fingerprint density at radius 3 is 3.07 bits per heavy atom. The summed E-state index contributed by atoms with van der Waals surface area (Å²) in [6, 6.07) is 0. The molecule has 1 aromatic heterocycles. The average Bonchev–Trinajstić information content (AvgIpc) is 2.86. The molecule has 3 heterocycles. The average molecular weight is 208 g/mol. The van der Waals surface area contributed by atoms with Crippen LogP contribution in [0.5, 0.6) is 0 Å². The molecule has 0 saturated carbocycles. The van der Waals surface area contributed by atoms with Gasteiger partial charge in [0.15, 0.2) is 0 Å². The highest BCUT2D eigenvalue weighted by Crippen LogP contribution is 2.31. The monoisotopic (exact) mass is 208 g/mol. The largest absolute Gasteiger partial charge is 0.385 e. The van der Waals surface area contributed by atoms with Gasteiger partial charge in [-0.25, -0.2) is 4.98 Å². The van der Waals surface area contributed by atoms with Crippen molar-refractivity contribution in [3.05, 3.63) is 17.7 Å². The van der Waals surface area contributed by atoms with Crippen LogP contribution in [-0.4, -0.2) is 21.3 Å². The maximum absolute atomic E-state index is 9.79. The first-order chi connectivity index (χ1) is 7.34. The standard InChI is InChI=1S/C11H16N2O2/c14-9-3-1-5-13-7-8(12-11(9)13)10-4-2-6-15-10/h7,9-10,14H,1-6H2. The fraction of sp³-hybridized carbons (Fsp3) is 0.727. The topological polar surface area (TPSA) is 47.3 Å². The maximum atomic E-state index is 9.79. The second-order valence-electron chi connectivity index (χ2n) is 4.38. The summed E-state index contributed by atoms with van der Waals surface area (Å²) in [5.41, 5.74) is 1.00. The minimum Gasteiger partial charge on any atom is -0.385 e. The molecule has 0 spiro atoms. The third-order valence-corrected chi connectivity index (χ3v) is 3.26. The van der Waals surface area contributed by atoms with E-state index in [0.717, 1.165) is 50.4 Å². The molecule has 4 nitrogen and oxygen atoms in total. The van der Waals surface area contributed by atoms with Crippen molar-refractivity contribution in [1.29, 1.82) is 0 Å². The van der Waals surface area contributed by atoms with Crippen LogP contribution in [-0.2, 0) is 11.3 Å². The molecule has 4 heteroatoms. The predicted molar refractivity (Wildman–Crippen MR) is 54.3 cm³/mol. The molecule has 15 heavy (non-hydrogen) atoms. The van der Waals surface area contributed by atoms with Gasteiger partial charge in [0, 0.05) is 19.3 Å². The Hall–Kier alpha value is -0.870. The van der Waals surface area contributed by atoms with Crippen LogP contribution >= 0.6 is 0 Å². The third kappa shape index (κ3) is 1.58. The molecule has 0 radical (unpaired) electrons. The number of aryl methyl sites for hydroxylation is 1. The van der Waals surface area contributed by atoms with Crippen molar-refractivity contribution in [2.45, 2.75) is 44.4 Å². The summed E-state index contributed by atoms with van der Waals surface area (Å²) in [5.74, 6) is 0.826. The number of fused-ring (bicyclic) bond motifs is 1. The van der Waals surface area contributed by atoms with Gasteiger partial charge in [0.05, 0.1) is 5.69 Å². The summed E-state index contributed by atoms with van der Waals surface area (Å²) >= 11 is 0. The lowest BCUT2D eigenvalue weighted by Crippen LogP contribution is -2.14. The number of rotatable bonds is 1. The van der Waals surface area contributed by atoms with E-state index < -0.39 is 0 Å². The SMILES string of the molecule is OC1CCCn2cc(C3CCCO3)nc21. The summed E-state index contributed by atoms with van der Waals surface area (Å²) in [7, 11) is 0. The van der Waals surface area contributed by atoms with Gasteiger partial charge >= 0.3 is 0 Å². The van der Waals surface area contributed by atoms with E-state index in [1.165, 1.54) is 0 Å². The minimum absolute atomic E-state index is 0.162. The smallest absolute Gasteiger partial charge is 0.138 e. The number of imidazole rings is 1. The summed E-state index contributed by atoms with van der Waals surface area (Å²) in [5, 5.41) is 9.79. The van der Waals surface area contributed by atoms with Crippen LogP contribution in [0.2, 0.25) is 0 Å². The molecule has 2 aliphatic heterocycles. The molecular weight excluding hydrogens is 192 g/mol. The number of aromatic nitrogens is 2. The van der Waals surface area contributed by atoms with E-state index in [0.29, 0.717) is 0 Å². The molecule has 1 fully saturated rings. The predicted octanol–water partition coefficient (Wildman–Crippen LogP) is 1.56. The van der Waals surface area contributed by atoms with Crippen LogP contribution in [0.3, 0.4) is 0 Å². The Kier molecular flexibility index (Phi) is 2.25. The van der Waals surface area contributed by atoms with Gasteiger partial charge in [-0.1, -0.05) is 0 Å². The quantitative estimate of drug-likeness (QED) is 0.762. The summed E-state index contributed by atoms with van der Waals surface area (Å²) in [6.45, 7) is 1.82. The number of aliphatic hydroxyl groups excluding tert-OH is 1. The van der Waals surface area contributed by atoms with Gasteiger partial charge in [0.1, 0.15) is 18.0 Å². The molecule has 2 unspecified atom stereocenters. The van der Waals surface area contributed by atoms with E-state index in [4.69, 9.17) is 4.74 Å². The minimum atomic E-state index is -0.381. The molecule has 0 amide bonds. The van der Waals surface area contributed by atoms with Crippen LogP contribution in [0.1, 0.15) is 49.4 Å². The van der Waals surface area contributed by atoms with Gasteiger partial charge in [0.2, 0.25) is 0 Å². The fourth-order valence-electron chi connectivity index (χ4n) is 2.45. The van der Waals surface area contributed by atoms with Gasteiger partial charge in [-0.3, -0.25) is 0 Å². The Labute approximate surface area is 88.9 Å². The summed E-state index contributed by atoms with van der Waals surface area (Å²) < 4.78 is 7.67. The maximum Gasteiger partial charge on any atom is 0.138 e. The van der Waals surface area contributed by atoms with E-state index in [2.05, 4.69) is 9.55 Å². The first-order valence-corrected chi connectivity index (χ1v) is 5.71. The Bertz CT molecular complexity index is 355. The van der Waals surface area contributed by atoms with Gasteiger partial charge in [-0.15, -0.1) is 0 Å². The van der Waals surface area contributed by atoms with Crippen LogP contribution in [0.15, 0.2) is 6.20 Å². The summed E-state index contributed by atoms with van der Waals surface area (Å²) in [6.07, 6.45) is 5.89. The molecule has 2 aliphatic rings. The Morgan fingerprint density at radius 1 is 1.40 bits per heavy atom. The zero-order valence-corrected chi connectivity index (χ0v) is 8.72. The Balaban J connectivity index is 1.90. The first kappa shape index (κ1) is 9.36. The van der Waals surface area contributed by atoms with Crippen molar-refractivity contribution < 1.29 is 9.84 Å². The van der Waals surface area contributed by atoms with E-state index in [9.17, 15) is 5.11 Å². The number of nitrogens with zero attached hydrogens (tertiary/aromatic N) is 2. The van der Waals surface area contributed by atoms with Crippen LogP contribution < -0.4 is 0 Å². The number of hydrogen-bond donors (Lipinski definition) is 1. The third-order valence-electron chi connectivity index (χ3n) is 3.26. The molecular formula is C11H16N2O2. The highest BCUT2D eigenvalue weighted by Gasteiger charge is 2.25. The van der Waals surface area contributed by atoms with Crippen LogP contribution in [0.25, 0.3) is 0 Å². The van der Waals surface area contributed by atoms with Crippen molar-refractivity contribution in [2.24, 2.45) is 0 Å². The molecule has 82 valence electrons. The van der Waals surface area contributed by atoms with Gasteiger partial charge in [-0.05, 0) is 25.7 Å². The molecule has 0 aromatic carbocycles. The summed E-state index contributed by atoms with van der Waals surface area (Å²) in [4.78, 5) is 4.50. The van der Waals surface area contributed by atoms with Crippen molar-refractivity contribution in [3.8, 4) is 0 Å². The second kappa shape index (κ2) is 3.61. The second-order valence-corrected chi connectivity index (χ2v) is 4.38. The van der Waals surface area contributed by atoms with Crippen molar-refractivity contribution in [2.75, 3.05) is 6.61 Å². The number of hydrogen-bond acceptors (Lipinski definition) is 3. The van der Waals surface area contributed by atoms with Crippen molar-refractivity contribution in [1.82, 2.24) is 9.55 Å². The highest BCUT2D eigenvalue weighted by atomic mass is 16.5. The molecule has 1 saturated heterocycles. The lowest BCUT2D eigenvalue weighted by Gasteiger charge is -2.18. The van der Waals surface area contributed by atoms with Crippen molar-refractivity contribution >= 4 is 0 Å². The molecule has 1 N–H and O–H groups in total. The van der Waals surface area contributed by atoms with E-state index in [1.807, 2.05) is 6.20 Å². The molecule has 3 rings (SSSR count). The van der Waals surface area contributed by atoms with Gasteiger partial charge < -0.3 is 14.4 Å². The van der Waals surface area contributed by atoms with E-state index >= 15 is 0 Å². The number of ether oxygens (including phenoxy) is 1. The normalized spacial score (nSPS) is 30.5. The van der Waals surface area contributed by atoms with E-state index in [-0.39, 0.29) is 12.2 Å². The molecule has 1 aromatic rings. The van der Waals surface area contributed by atoms with E-state index in [1.54, 1.807) is 0 Å². The Morgan fingerprint density at radius 2 is 2.33 bits per heavy atom.